The maximum absolute atomic E-state index is 6.22. The van der Waals surface area contributed by atoms with Crippen LogP contribution in [0.4, 0.5) is 5.69 Å². The topological polar surface area (TPSA) is 34.4 Å². The smallest absolute Gasteiger partial charge is 0.126 e. The summed E-state index contributed by atoms with van der Waals surface area (Å²) in [5, 5.41) is 3.71. The van der Waals surface area contributed by atoms with Crippen molar-refractivity contribution < 1.29 is 9.15 Å². The Kier molecular flexibility index (Phi) is 3.90. The van der Waals surface area contributed by atoms with Crippen molar-refractivity contribution >= 4 is 5.69 Å². The lowest BCUT2D eigenvalue weighted by atomic mass is 9.78. The Labute approximate surface area is 138 Å². The summed E-state index contributed by atoms with van der Waals surface area (Å²) in [6.07, 6.45) is 5.41. The Bertz CT molecular complexity index is 664. The lowest BCUT2D eigenvalue weighted by Crippen LogP contribution is -2.35. The second-order valence-electron chi connectivity index (χ2n) is 6.89. The zero-order valence-corrected chi connectivity index (χ0v) is 13.9. The molecule has 23 heavy (non-hydrogen) atoms. The molecule has 0 bridgehead atoms. The minimum atomic E-state index is 0.180. The normalized spacial score (nSPS) is 27.7. The van der Waals surface area contributed by atoms with Gasteiger partial charge in [-0.15, -0.1) is 0 Å². The highest BCUT2D eigenvalue weighted by Gasteiger charge is 2.41. The van der Waals surface area contributed by atoms with Crippen molar-refractivity contribution in [2.24, 2.45) is 5.92 Å². The fourth-order valence-electron chi connectivity index (χ4n) is 3.98. The van der Waals surface area contributed by atoms with E-state index >= 15 is 0 Å². The first kappa shape index (κ1) is 14.8. The molecule has 0 radical (unpaired) electrons. The average molecular weight is 311 g/mol. The van der Waals surface area contributed by atoms with E-state index in [0.29, 0.717) is 11.8 Å². The second kappa shape index (κ2) is 6.04. The number of ether oxygens (including phenoxy) is 1. The van der Waals surface area contributed by atoms with Crippen LogP contribution in [0.1, 0.15) is 68.1 Å². The SMILES string of the molecule is CCC(C)c1ccc2c(c1)C1OCCCC1C(c1ccco1)N2. The molecule has 2 aliphatic heterocycles. The lowest BCUT2D eigenvalue weighted by molar-refractivity contribution is -0.0401. The Morgan fingerprint density at radius 1 is 1.30 bits per heavy atom. The van der Waals surface area contributed by atoms with Crippen molar-refractivity contribution in [3.05, 3.63) is 53.5 Å². The molecule has 1 fully saturated rings. The van der Waals surface area contributed by atoms with E-state index < -0.39 is 0 Å². The third-order valence-electron chi connectivity index (χ3n) is 5.52. The van der Waals surface area contributed by atoms with Gasteiger partial charge in [0.1, 0.15) is 5.76 Å². The number of fused-ring (bicyclic) bond motifs is 3. The summed E-state index contributed by atoms with van der Waals surface area (Å²) in [5.41, 5.74) is 3.94. The molecule has 1 saturated heterocycles. The average Bonchev–Trinajstić information content (AvgIpc) is 3.14. The molecular formula is C20H25NO2. The minimum Gasteiger partial charge on any atom is -0.467 e. The summed E-state index contributed by atoms with van der Waals surface area (Å²) in [7, 11) is 0. The number of furan rings is 1. The summed E-state index contributed by atoms with van der Waals surface area (Å²) in [6, 6.07) is 11.1. The molecule has 3 nitrogen and oxygen atoms in total. The van der Waals surface area contributed by atoms with Gasteiger partial charge >= 0.3 is 0 Å². The van der Waals surface area contributed by atoms with Gasteiger partial charge in [-0.05, 0) is 48.9 Å². The molecule has 1 aromatic carbocycles. The van der Waals surface area contributed by atoms with E-state index in [4.69, 9.17) is 9.15 Å². The molecule has 1 N–H and O–H groups in total. The highest BCUT2D eigenvalue weighted by atomic mass is 16.5. The Morgan fingerprint density at radius 3 is 3.00 bits per heavy atom. The van der Waals surface area contributed by atoms with Gasteiger partial charge in [0.15, 0.2) is 0 Å². The first-order valence-corrected chi connectivity index (χ1v) is 8.83. The molecule has 0 aliphatic carbocycles. The van der Waals surface area contributed by atoms with Gasteiger partial charge in [-0.3, -0.25) is 0 Å². The van der Waals surface area contributed by atoms with Crippen LogP contribution in [0.2, 0.25) is 0 Å². The second-order valence-corrected chi connectivity index (χ2v) is 6.89. The van der Waals surface area contributed by atoms with E-state index in [1.165, 1.54) is 23.2 Å². The Hall–Kier alpha value is -1.74. The van der Waals surface area contributed by atoms with Gasteiger partial charge < -0.3 is 14.5 Å². The predicted molar refractivity (Wildman–Crippen MR) is 91.6 cm³/mol. The van der Waals surface area contributed by atoms with Gasteiger partial charge in [0.2, 0.25) is 0 Å². The fraction of sp³-hybridized carbons (Fsp3) is 0.500. The molecular weight excluding hydrogens is 286 g/mol. The molecule has 4 atom stereocenters. The fourth-order valence-corrected chi connectivity index (χ4v) is 3.98. The van der Waals surface area contributed by atoms with Gasteiger partial charge in [-0.1, -0.05) is 26.0 Å². The summed E-state index contributed by atoms with van der Waals surface area (Å²) in [6.45, 7) is 5.40. The first-order chi connectivity index (χ1) is 11.3. The Morgan fingerprint density at radius 2 is 2.22 bits per heavy atom. The predicted octanol–water partition coefficient (Wildman–Crippen LogP) is 5.43. The van der Waals surface area contributed by atoms with Crippen molar-refractivity contribution in [1.82, 2.24) is 0 Å². The first-order valence-electron chi connectivity index (χ1n) is 8.83. The molecule has 2 aromatic rings. The van der Waals surface area contributed by atoms with E-state index in [2.05, 4.69) is 43.4 Å². The summed E-state index contributed by atoms with van der Waals surface area (Å²) >= 11 is 0. The molecule has 0 spiro atoms. The zero-order valence-electron chi connectivity index (χ0n) is 13.9. The van der Waals surface area contributed by atoms with Crippen LogP contribution in [0.5, 0.6) is 0 Å². The van der Waals surface area contributed by atoms with E-state index in [-0.39, 0.29) is 12.1 Å². The summed E-state index contributed by atoms with van der Waals surface area (Å²) < 4.78 is 11.9. The number of anilines is 1. The van der Waals surface area contributed by atoms with Crippen molar-refractivity contribution in [3.63, 3.8) is 0 Å². The largest absolute Gasteiger partial charge is 0.467 e. The van der Waals surface area contributed by atoms with Gasteiger partial charge in [0.25, 0.3) is 0 Å². The molecule has 3 heteroatoms. The van der Waals surface area contributed by atoms with Crippen molar-refractivity contribution in [2.45, 2.75) is 51.2 Å². The van der Waals surface area contributed by atoms with Crippen LogP contribution in [0, 0.1) is 5.92 Å². The van der Waals surface area contributed by atoms with Gasteiger partial charge in [-0.2, -0.15) is 0 Å². The van der Waals surface area contributed by atoms with Crippen LogP contribution >= 0.6 is 0 Å². The standard InChI is InChI=1S/C20H25NO2/c1-3-13(2)14-8-9-17-16(12-14)20-15(6-4-11-23-20)19(21-17)18-7-5-10-22-18/h5,7-10,12-13,15,19-21H,3-4,6,11H2,1-2H3. The highest BCUT2D eigenvalue weighted by molar-refractivity contribution is 5.58. The molecule has 4 rings (SSSR count). The van der Waals surface area contributed by atoms with Crippen LogP contribution in [0.25, 0.3) is 0 Å². The van der Waals surface area contributed by atoms with Crippen LogP contribution in [-0.4, -0.2) is 6.61 Å². The molecule has 122 valence electrons. The molecule has 3 heterocycles. The van der Waals surface area contributed by atoms with E-state index in [9.17, 15) is 0 Å². The van der Waals surface area contributed by atoms with Gasteiger partial charge in [0, 0.05) is 23.8 Å². The number of hydrogen-bond donors (Lipinski definition) is 1. The van der Waals surface area contributed by atoms with E-state index in [0.717, 1.165) is 25.2 Å². The van der Waals surface area contributed by atoms with Crippen molar-refractivity contribution in [2.75, 3.05) is 11.9 Å². The Balaban J connectivity index is 1.74. The number of rotatable bonds is 3. The summed E-state index contributed by atoms with van der Waals surface area (Å²) in [4.78, 5) is 0. The highest BCUT2D eigenvalue weighted by Crippen LogP contribution is 2.49. The third kappa shape index (κ3) is 2.57. The number of nitrogens with one attached hydrogen (secondary N) is 1. The monoisotopic (exact) mass is 311 g/mol. The van der Waals surface area contributed by atoms with Crippen molar-refractivity contribution in [1.29, 1.82) is 0 Å². The molecule has 0 saturated carbocycles. The maximum Gasteiger partial charge on any atom is 0.126 e. The van der Waals surface area contributed by atoms with Gasteiger partial charge in [-0.25, -0.2) is 0 Å². The minimum absolute atomic E-state index is 0.180. The van der Waals surface area contributed by atoms with Crippen molar-refractivity contribution in [3.8, 4) is 0 Å². The molecule has 2 aliphatic rings. The van der Waals surface area contributed by atoms with E-state index in [1.807, 2.05) is 6.07 Å². The number of benzene rings is 1. The maximum atomic E-state index is 6.22. The van der Waals surface area contributed by atoms with Gasteiger partial charge in [0.05, 0.1) is 18.4 Å². The third-order valence-corrected chi connectivity index (χ3v) is 5.52. The summed E-state index contributed by atoms with van der Waals surface area (Å²) in [5.74, 6) is 2.04. The quantitative estimate of drug-likeness (QED) is 0.821. The van der Waals surface area contributed by atoms with Crippen LogP contribution in [-0.2, 0) is 4.74 Å². The van der Waals surface area contributed by atoms with Crippen LogP contribution < -0.4 is 5.32 Å². The molecule has 4 unspecified atom stereocenters. The number of hydrogen-bond acceptors (Lipinski definition) is 3. The molecule has 1 aromatic heterocycles. The van der Waals surface area contributed by atoms with Crippen LogP contribution in [0.15, 0.2) is 41.0 Å². The van der Waals surface area contributed by atoms with Crippen LogP contribution in [0.3, 0.4) is 0 Å². The molecule has 0 amide bonds. The van der Waals surface area contributed by atoms with E-state index in [1.54, 1.807) is 6.26 Å². The zero-order chi connectivity index (χ0) is 15.8. The lowest BCUT2D eigenvalue weighted by Gasteiger charge is -2.42.